The Morgan fingerprint density at radius 3 is 3.00 bits per heavy atom. The Morgan fingerprint density at radius 2 is 2.35 bits per heavy atom. The van der Waals surface area contributed by atoms with E-state index >= 15 is 0 Å². The highest BCUT2D eigenvalue weighted by Gasteiger charge is 2.07. The fourth-order valence-electron chi connectivity index (χ4n) is 1.57. The maximum atomic E-state index is 5.98. The first kappa shape index (κ1) is 12.4. The molecule has 2 N–H and O–H groups in total. The van der Waals surface area contributed by atoms with E-state index in [1.807, 2.05) is 13.1 Å². The normalized spacial score (nSPS) is 10.5. The predicted octanol–water partition coefficient (Wildman–Crippen LogP) is 2.89. The Bertz CT molecular complexity index is 485. The maximum absolute atomic E-state index is 5.98. The van der Waals surface area contributed by atoms with Crippen LogP contribution in [0.3, 0.4) is 0 Å². The molecule has 0 aliphatic heterocycles. The average Bonchev–Trinajstić information content (AvgIpc) is 2.82. The number of aromatic nitrogens is 1. The predicted molar refractivity (Wildman–Crippen MR) is 73.6 cm³/mol. The summed E-state index contributed by atoms with van der Waals surface area (Å²) in [4.78, 5) is 6.39. The van der Waals surface area contributed by atoms with Crippen LogP contribution in [0.1, 0.15) is 11.1 Å². The van der Waals surface area contributed by atoms with Gasteiger partial charge in [-0.25, -0.2) is 4.98 Å². The molecule has 0 amide bonds. The number of hydrogen-bond donors (Lipinski definition) is 1. The van der Waals surface area contributed by atoms with Gasteiger partial charge >= 0.3 is 0 Å². The lowest BCUT2D eigenvalue weighted by molar-refractivity contribution is 0.896. The Morgan fingerprint density at radius 1 is 1.53 bits per heavy atom. The zero-order valence-electron chi connectivity index (χ0n) is 9.56. The number of halogens is 1. The van der Waals surface area contributed by atoms with Gasteiger partial charge < -0.3 is 10.6 Å². The number of anilines is 1. The van der Waals surface area contributed by atoms with Crippen molar-refractivity contribution in [2.24, 2.45) is 5.73 Å². The lowest BCUT2D eigenvalue weighted by Gasteiger charge is -2.18. The number of thiophene rings is 1. The van der Waals surface area contributed by atoms with E-state index in [4.69, 9.17) is 17.3 Å². The third-order valence-corrected chi connectivity index (χ3v) is 3.60. The molecule has 2 rings (SSSR count). The number of pyridine rings is 1. The summed E-state index contributed by atoms with van der Waals surface area (Å²) in [6.07, 6.45) is 1.66. The van der Waals surface area contributed by atoms with Crippen LogP contribution in [0.15, 0.2) is 29.1 Å². The van der Waals surface area contributed by atoms with Crippen molar-refractivity contribution < 1.29 is 0 Å². The van der Waals surface area contributed by atoms with Crippen molar-refractivity contribution in [3.8, 4) is 0 Å². The average molecular weight is 268 g/mol. The minimum absolute atomic E-state index is 0.431. The van der Waals surface area contributed by atoms with Gasteiger partial charge in [-0.3, -0.25) is 0 Å². The van der Waals surface area contributed by atoms with Gasteiger partial charge in [-0.1, -0.05) is 11.6 Å². The van der Waals surface area contributed by atoms with Gasteiger partial charge in [0.15, 0.2) is 0 Å². The molecule has 0 fully saturated rings. The first-order valence-electron chi connectivity index (χ1n) is 5.27. The van der Waals surface area contributed by atoms with Crippen molar-refractivity contribution in [3.05, 3.63) is 45.2 Å². The highest BCUT2D eigenvalue weighted by atomic mass is 35.5. The molecule has 90 valence electrons. The van der Waals surface area contributed by atoms with Crippen molar-refractivity contribution in [1.29, 1.82) is 0 Å². The molecule has 0 saturated carbocycles. The molecule has 0 atom stereocenters. The molecular formula is C12H14ClN3S. The molecule has 0 bridgehead atoms. The van der Waals surface area contributed by atoms with Gasteiger partial charge in [0.05, 0.1) is 5.02 Å². The Balaban J connectivity index is 2.16. The minimum atomic E-state index is 0.431. The zero-order chi connectivity index (χ0) is 12.3. The third-order valence-electron chi connectivity index (χ3n) is 2.53. The van der Waals surface area contributed by atoms with E-state index in [9.17, 15) is 0 Å². The lowest BCUT2D eigenvalue weighted by Crippen LogP contribution is -2.17. The van der Waals surface area contributed by atoms with Gasteiger partial charge in [-0.15, -0.1) is 0 Å². The monoisotopic (exact) mass is 267 g/mol. The van der Waals surface area contributed by atoms with Crippen molar-refractivity contribution in [2.75, 3.05) is 11.9 Å². The van der Waals surface area contributed by atoms with E-state index in [2.05, 4.69) is 26.7 Å². The van der Waals surface area contributed by atoms with Gasteiger partial charge in [0, 0.05) is 26.3 Å². The van der Waals surface area contributed by atoms with Crippen LogP contribution in [0.25, 0.3) is 0 Å². The molecule has 0 radical (unpaired) electrons. The molecule has 0 spiro atoms. The van der Waals surface area contributed by atoms with E-state index in [0.29, 0.717) is 11.6 Å². The van der Waals surface area contributed by atoms with Crippen molar-refractivity contribution in [2.45, 2.75) is 13.1 Å². The second-order valence-corrected chi connectivity index (χ2v) is 5.01. The molecule has 17 heavy (non-hydrogen) atoms. The zero-order valence-corrected chi connectivity index (χ0v) is 11.1. The quantitative estimate of drug-likeness (QED) is 0.926. The lowest BCUT2D eigenvalue weighted by atomic mass is 10.2. The van der Waals surface area contributed by atoms with Crippen LogP contribution in [0.5, 0.6) is 0 Å². The smallest absolute Gasteiger partial charge is 0.128 e. The topological polar surface area (TPSA) is 42.1 Å². The summed E-state index contributed by atoms with van der Waals surface area (Å²) in [5.74, 6) is 0.890. The summed E-state index contributed by atoms with van der Waals surface area (Å²) < 4.78 is 0. The molecule has 0 aliphatic rings. The van der Waals surface area contributed by atoms with Crippen molar-refractivity contribution in [1.82, 2.24) is 4.98 Å². The summed E-state index contributed by atoms with van der Waals surface area (Å²) in [6.45, 7) is 1.27. The molecule has 0 saturated heterocycles. The molecule has 5 heteroatoms. The van der Waals surface area contributed by atoms with Crippen molar-refractivity contribution >= 4 is 28.8 Å². The maximum Gasteiger partial charge on any atom is 0.128 e. The Kier molecular flexibility index (Phi) is 3.99. The summed E-state index contributed by atoms with van der Waals surface area (Å²) in [5, 5.41) is 4.83. The molecule has 0 aromatic carbocycles. The molecule has 0 unspecified atom stereocenters. The number of nitrogens with zero attached hydrogens (tertiary/aromatic N) is 2. The largest absolute Gasteiger partial charge is 0.355 e. The molecular weight excluding hydrogens is 254 g/mol. The van der Waals surface area contributed by atoms with E-state index in [-0.39, 0.29) is 0 Å². The van der Waals surface area contributed by atoms with Gasteiger partial charge in [-0.2, -0.15) is 11.3 Å². The fourth-order valence-corrected chi connectivity index (χ4v) is 2.41. The minimum Gasteiger partial charge on any atom is -0.355 e. The van der Waals surface area contributed by atoms with Crippen LogP contribution >= 0.6 is 22.9 Å². The van der Waals surface area contributed by atoms with Gasteiger partial charge in [0.2, 0.25) is 0 Å². The molecule has 0 aliphatic carbocycles. The summed E-state index contributed by atoms with van der Waals surface area (Å²) >= 11 is 7.68. The van der Waals surface area contributed by atoms with Gasteiger partial charge in [0.1, 0.15) is 5.82 Å². The first-order valence-corrected chi connectivity index (χ1v) is 6.59. The molecule has 2 heterocycles. The number of nitrogens with two attached hydrogens (primary N) is 1. The fraction of sp³-hybridized carbons (Fsp3) is 0.250. The second-order valence-electron chi connectivity index (χ2n) is 3.83. The SMILES string of the molecule is CN(Cc1ccsc1)c1cc(CN)c(Cl)cn1. The van der Waals surface area contributed by atoms with E-state index < -0.39 is 0 Å². The highest BCUT2D eigenvalue weighted by molar-refractivity contribution is 7.07. The van der Waals surface area contributed by atoms with Crippen LogP contribution in [0, 0.1) is 0 Å². The second kappa shape index (κ2) is 5.49. The molecule has 2 aromatic heterocycles. The summed E-state index contributed by atoms with van der Waals surface area (Å²) in [6, 6.07) is 4.05. The van der Waals surface area contributed by atoms with E-state index in [1.165, 1.54) is 5.56 Å². The van der Waals surface area contributed by atoms with Crippen LogP contribution in [0.2, 0.25) is 5.02 Å². The first-order chi connectivity index (χ1) is 8.20. The van der Waals surface area contributed by atoms with Crippen molar-refractivity contribution in [3.63, 3.8) is 0 Å². The van der Waals surface area contributed by atoms with Gasteiger partial charge in [0.25, 0.3) is 0 Å². The van der Waals surface area contributed by atoms with Crippen LogP contribution in [-0.2, 0) is 13.1 Å². The van der Waals surface area contributed by atoms with Crippen LogP contribution in [-0.4, -0.2) is 12.0 Å². The van der Waals surface area contributed by atoms with E-state index in [0.717, 1.165) is 17.9 Å². The Hall–Kier alpha value is -1.10. The summed E-state index contributed by atoms with van der Waals surface area (Å²) in [7, 11) is 2.01. The van der Waals surface area contributed by atoms with Crippen LogP contribution < -0.4 is 10.6 Å². The third kappa shape index (κ3) is 2.97. The molecule has 2 aromatic rings. The summed E-state index contributed by atoms with van der Waals surface area (Å²) in [5.41, 5.74) is 7.83. The standard InChI is InChI=1S/C12H14ClN3S/c1-16(7-9-2-3-17-8-9)12-4-10(5-14)11(13)6-15-12/h2-4,6,8H,5,7,14H2,1H3. The highest BCUT2D eigenvalue weighted by Crippen LogP contribution is 2.20. The van der Waals surface area contributed by atoms with E-state index in [1.54, 1.807) is 17.5 Å². The van der Waals surface area contributed by atoms with Gasteiger partial charge in [-0.05, 0) is 34.0 Å². The van der Waals surface area contributed by atoms with Crippen LogP contribution in [0.4, 0.5) is 5.82 Å². The Labute approximate surface area is 110 Å². The number of rotatable bonds is 4. The molecule has 3 nitrogen and oxygen atoms in total. The number of hydrogen-bond acceptors (Lipinski definition) is 4.